The van der Waals surface area contributed by atoms with Crippen molar-refractivity contribution >= 4 is 17.5 Å². The first-order valence-corrected chi connectivity index (χ1v) is 8.64. The molecule has 0 aliphatic carbocycles. The minimum absolute atomic E-state index is 0.492. The number of allylic oxidation sites excluding steroid dienone is 1. The van der Waals surface area contributed by atoms with Gasteiger partial charge in [0.25, 0.3) is 5.91 Å². The van der Waals surface area contributed by atoms with E-state index in [1.807, 2.05) is 19.1 Å². The fourth-order valence-corrected chi connectivity index (χ4v) is 3.20. The van der Waals surface area contributed by atoms with Gasteiger partial charge < -0.3 is 10.1 Å². The van der Waals surface area contributed by atoms with Crippen LogP contribution in [0.25, 0.3) is 0 Å². The fourth-order valence-electron chi connectivity index (χ4n) is 3.20. The number of pyridine rings is 1. The molecule has 148 valence electrons. The van der Waals surface area contributed by atoms with E-state index in [1.54, 1.807) is 18.3 Å². The maximum atomic E-state index is 12.7. The average Bonchev–Trinajstić information content (AvgIpc) is 2.66. The molecule has 1 aromatic carbocycles. The van der Waals surface area contributed by atoms with Crippen molar-refractivity contribution in [3.8, 4) is 11.5 Å². The lowest BCUT2D eigenvalue weighted by atomic mass is 9.93. The number of carbonyl (C=O) groups is 2. The number of ether oxygens (including phenoxy) is 1. The van der Waals surface area contributed by atoms with Crippen molar-refractivity contribution in [2.45, 2.75) is 19.1 Å². The SMILES string of the molecule is Cc1ccc2c(c1)Oc1ccncc1C2NC(=O)C1C=CC(C(F)(F)F)=NC1=O. The summed E-state index contributed by atoms with van der Waals surface area (Å²) >= 11 is 0. The van der Waals surface area contributed by atoms with Gasteiger partial charge in [-0.05, 0) is 30.7 Å². The van der Waals surface area contributed by atoms with Crippen LogP contribution in [0.4, 0.5) is 13.2 Å². The zero-order chi connectivity index (χ0) is 20.8. The number of amides is 2. The highest BCUT2D eigenvalue weighted by molar-refractivity contribution is 6.14. The summed E-state index contributed by atoms with van der Waals surface area (Å²) in [5.41, 5.74) is 0.846. The molecule has 2 aliphatic heterocycles. The number of rotatable bonds is 2. The molecule has 1 aromatic heterocycles. The van der Waals surface area contributed by atoms with Crippen molar-refractivity contribution in [1.82, 2.24) is 10.3 Å². The van der Waals surface area contributed by atoms with Crippen LogP contribution in [0.3, 0.4) is 0 Å². The van der Waals surface area contributed by atoms with Gasteiger partial charge in [-0.15, -0.1) is 0 Å². The molecule has 0 radical (unpaired) electrons. The molecule has 2 aliphatic rings. The molecule has 2 amide bonds. The summed E-state index contributed by atoms with van der Waals surface area (Å²) in [6.45, 7) is 1.89. The number of aliphatic imine (C=N–C) groups is 1. The second kappa shape index (κ2) is 6.84. The zero-order valence-corrected chi connectivity index (χ0v) is 15.0. The molecule has 29 heavy (non-hydrogen) atoms. The van der Waals surface area contributed by atoms with E-state index < -0.39 is 35.7 Å². The van der Waals surface area contributed by atoms with Gasteiger partial charge in [-0.3, -0.25) is 14.6 Å². The molecule has 6 nitrogen and oxygen atoms in total. The van der Waals surface area contributed by atoms with Crippen LogP contribution < -0.4 is 10.1 Å². The van der Waals surface area contributed by atoms with Gasteiger partial charge >= 0.3 is 6.18 Å². The Labute approximate surface area is 163 Å². The first kappa shape index (κ1) is 18.9. The second-order valence-corrected chi connectivity index (χ2v) is 6.67. The standard InChI is InChI=1S/C20H14F3N3O3/c1-10-2-3-11-15(8-10)29-14-6-7-24-9-13(14)17(11)26-19(28)12-4-5-16(20(21,22)23)25-18(12)27/h2-9,12,17H,1H3,(H,26,28). The summed E-state index contributed by atoms with van der Waals surface area (Å²) < 4.78 is 44.0. The summed E-state index contributed by atoms with van der Waals surface area (Å²) in [6.07, 6.45) is -0.133. The van der Waals surface area contributed by atoms with Gasteiger partial charge in [0.1, 0.15) is 23.1 Å². The molecule has 4 rings (SSSR count). The Morgan fingerprint density at radius 3 is 2.69 bits per heavy atom. The van der Waals surface area contributed by atoms with Crippen LogP contribution in [0.2, 0.25) is 0 Å². The number of nitrogens with one attached hydrogen (secondary N) is 1. The molecule has 0 fully saturated rings. The summed E-state index contributed by atoms with van der Waals surface area (Å²) in [4.78, 5) is 31.8. The molecule has 9 heteroatoms. The summed E-state index contributed by atoms with van der Waals surface area (Å²) in [5, 5.41) is 2.72. The maximum absolute atomic E-state index is 12.7. The van der Waals surface area contributed by atoms with Gasteiger partial charge in [0.15, 0.2) is 0 Å². The lowest BCUT2D eigenvalue weighted by molar-refractivity contribution is -0.132. The third-order valence-electron chi connectivity index (χ3n) is 4.62. The highest BCUT2D eigenvalue weighted by atomic mass is 19.4. The molecule has 0 saturated carbocycles. The molecule has 2 aromatic rings. The molecule has 3 heterocycles. The number of halogens is 3. The van der Waals surface area contributed by atoms with E-state index in [2.05, 4.69) is 15.3 Å². The minimum atomic E-state index is -4.75. The van der Waals surface area contributed by atoms with Crippen LogP contribution in [0, 0.1) is 12.8 Å². The third-order valence-corrected chi connectivity index (χ3v) is 4.62. The largest absolute Gasteiger partial charge is 0.456 e. The normalized spacial score (nSPS) is 20.3. The van der Waals surface area contributed by atoms with Gasteiger partial charge in [-0.2, -0.15) is 13.2 Å². The number of aromatic nitrogens is 1. The van der Waals surface area contributed by atoms with E-state index in [1.165, 1.54) is 6.20 Å². The molecular weight excluding hydrogens is 387 g/mol. The Bertz CT molecular complexity index is 1080. The number of dihydropyridines is 1. The quantitative estimate of drug-likeness (QED) is 0.782. The second-order valence-electron chi connectivity index (χ2n) is 6.67. The number of carbonyl (C=O) groups excluding carboxylic acids is 2. The number of fused-ring (bicyclic) bond motifs is 2. The summed E-state index contributed by atoms with van der Waals surface area (Å²) in [7, 11) is 0. The predicted octanol–water partition coefficient (Wildman–Crippen LogP) is 3.42. The van der Waals surface area contributed by atoms with Gasteiger partial charge in [0, 0.05) is 23.5 Å². The lowest BCUT2D eigenvalue weighted by Gasteiger charge is -2.29. The Hall–Kier alpha value is -3.49. The van der Waals surface area contributed by atoms with E-state index in [9.17, 15) is 22.8 Å². The van der Waals surface area contributed by atoms with Crippen molar-refractivity contribution in [3.05, 3.63) is 65.5 Å². The predicted molar refractivity (Wildman–Crippen MR) is 96.6 cm³/mol. The topological polar surface area (TPSA) is 80.7 Å². The average molecular weight is 401 g/mol. The number of aryl methyl sites for hydroxylation is 1. The van der Waals surface area contributed by atoms with E-state index in [0.717, 1.165) is 11.6 Å². The molecule has 1 N–H and O–H groups in total. The van der Waals surface area contributed by atoms with Crippen LogP contribution in [0.1, 0.15) is 22.7 Å². The Balaban J connectivity index is 1.64. The van der Waals surface area contributed by atoms with E-state index >= 15 is 0 Å². The van der Waals surface area contributed by atoms with Crippen LogP contribution >= 0.6 is 0 Å². The Morgan fingerprint density at radius 1 is 1.17 bits per heavy atom. The third kappa shape index (κ3) is 3.51. The number of benzene rings is 1. The van der Waals surface area contributed by atoms with Crippen molar-refractivity contribution in [2.24, 2.45) is 10.9 Å². The van der Waals surface area contributed by atoms with E-state index in [0.29, 0.717) is 28.7 Å². The van der Waals surface area contributed by atoms with E-state index in [4.69, 9.17) is 4.74 Å². The molecule has 2 unspecified atom stereocenters. The summed E-state index contributed by atoms with van der Waals surface area (Å²) in [6, 6.07) is 6.40. The smallest absolute Gasteiger partial charge is 0.433 e. The lowest BCUT2D eigenvalue weighted by Crippen LogP contribution is -2.39. The Kier molecular flexibility index (Phi) is 4.45. The number of nitrogens with zero attached hydrogens (tertiary/aromatic N) is 2. The fraction of sp³-hybridized carbons (Fsp3) is 0.200. The number of hydrogen-bond donors (Lipinski definition) is 1. The maximum Gasteiger partial charge on any atom is 0.433 e. The number of hydrogen-bond acceptors (Lipinski definition) is 4. The molecular formula is C20H14F3N3O3. The summed E-state index contributed by atoms with van der Waals surface area (Å²) in [5.74, 6) is -2.34. The van der Waals surface area contributed by atoms with Crippen molar-refractivity contribution in [2.75, 3.05) is 0 Å². The van der Waals surface area contributed by atoms with Crippen LogP contribution in [0.15, 0.2) is 53.8 Å². The number of alkyl halides is 3. The minimum Gasteiger partial charge on any atom is -0.456 e. The van der Waals surface area contributed by atoms with Gasteiger partial charge in [0.05, 0.1) is 6.04 Å². The van der Waals surface area contributed by atoms with Gasteiger partial charge in [0.2, 0.25) is 5.91 Å². The highest BCUT2D eigenvalue weighted by Crippen LogP contribution is 2.42. The highest BCUT2D eigenvalue weighted by Gasteiger charge is 2.39. The Morgan fingerprint density at radius 2 is 1.97 bits per heavy atom. The van der Waals surface area contributed by atoms with Crippen molar-refractivity contribution in [3.63, 3.8) is 0 Å². The van der Waals surface area contributed by atoms with E-state index in [-0.39, 0.29) is 0 Å². The monoisotopic (exact) mass is 401 g/mol. The van der Waals surface area contributed by atoms with Crippen molar-refractivity contribution in [1.29, 1.82) is 0 Å². The van der Waals surface area contributed by atoms with Crippen LogP contribution in [-0.2, 0) is 9.59 Å². The first-order valence-electron chi connectivity index (χ1n) is 8.64. The van der Waals surface area contributed by atoms with Crippen LogP contribution in [0.5, 0.6) is 11.5 Å². The first-order chi connectivity index (χ1) is 13.7. The van der Waals surface area contributed by atoms with Gasteiger partial charge in [-0.25, -0.2) is 4.99 Å². The van der Waals surface area contributed by atoms with Crippen LogP contribution in [-0.4, -0.2) is 28.7 Å². The molecule has 0 saturated heterocycles. The van der Waals surface area contributed by atoms with Crippen molar-refractivity contribution < 1.29 is 27.5 Å². The molecule has 2 atom stereocenters. The molecule has 0 spiro atoms. The van der Waals surface area contributed by atoms with Gasteiger partial charge in [-0.1, -0.05) is 18.2 Å². The zero-order valence-electron chi connectivity index (χ0n) is 15.0. The molecule has 0 bridgehead atoms.